The normalized spacial score (nSPS) is 35.1. The van der Waals surface area contributed by atoms with Gasteiger partial charge in [0.05, 0.1) is 18.7 Å². The molecule has 0 bridgehead atoms. The lowest BCUT2D eigenvalue weighted by Crippen LogP contribution is -2.56. The van der Waals surface area contributed by atoms with Gasteiger partial charge in [-0.3, -0.25) is 4.79 Å². The summed E-state index contributed by atoms with van der Waals surface area (Å²) >= 11 is 0. The largest absolute Gasteiger partial charge is 0.379 e. The third kappa shape index (κ3) is 2.63. The second kappa shape index (κ2) is 4.94. The van der Waals surface area contributed by atoms with Crippen LogP contribution in [0.5, 0.6) is 0 Å². The van der Waals surface area contributed by atoms with Crippen LogP contribution in [0.3, 0.4) is 0 Å². The zero-order chi connectivity index (χ0) is 11.7. The molecule has 4 heteroatoms. The molecule has 2 saturated heterocycles. The van der Waals surface area contributed by atoms with Crippen LogP contribution in [0.15, 0.2) is 0 Å². The molecule has 3 aliphatic rings. The Morgan fingerprint density at radius 1 is 1.18 bits per heavy atom. The van der Waals surface area contributed by atoms with Gasteiger partial charge in [-0.15, -0.1) is 0 Å². The summed E-state index contributed by atoms with van der Waals surface area (Å²) in [5.74, 6) is 0.318. The van der Waals surface area contributed by atoms with E-state index in [1.165, 1.54) is 12.8 Å². The second-order valence-corrected chi connectivity index (χ2v) is 5.54. The Bertz CT molecular complexity index is 285. The average Bonchev–Trinajstić information content (AvgIpc) is 3.17. The van der Waals surface area contributed by atoms with Crippen LogP contribution in [-0.2, 0) is 9.53 Å². The van der Waals surface area contributed by atoms with E-state index in [2.05, 4.69) is 10.2 Å². The van der Waals surface area contributed by atoms with E-state index in [0.29, 0.717) is 18.0 Å². The first-order chi connectivity index (χ1) is 8.34. The standard InChI is InChI=1S/C13H22N2O2/c16-13-12(14-10-5-6-10)4-1-7-15(13)11-3-2-8-17-9-11/h10-12,14H,1-9H2. The molecule has 2 aliphatic heterocycles. The number of carbonyl (C=O) groups excluding carboxylic acids is 1. The van der Waals surface area contributed by atoms with Crippen molar-refractivity contribution in [1.82, 2.24) is 10.2 Å². The van der Waals surface area contributed by atoms with Gasteiger partial charge in [0.15, 0.2) is 0 Å². The third-order valence-corrected chi connectivity index (χ3v) is 4.06. The lowest BCUT2D eigenvalue weighted by Gasteiger charge is -2.39. The molecule has 0 aromatic heterocycles. The fourth-order valence-corrected chi connectivity index (χ4v) is 2.92. The maximum atomic E-state index is 12.4. The minimum Gasteiger partial charge on any atom is -0.379 e. The molecule has 1 aliphatic carbocycles. The molecule has 3 rings (SSSR count). The molecule has 17 heavy (non-hydrogen) atoms. The molecule has 0 aromatic rings. The van der Waals surface area contributed by atoms with E-state index in [-0.39, 0.29) is 6.04 Å². The number of piperidine rings is 1. The van der Waals surface area contributed by atoms with E-state index in [0.717, 1.165) is 45.4 Å². The van der Waals surface area contributed by atoms with Crippen LogP contribution in [0, 0.1) is 0 Å². The molecule has 0 radical (unpaired) electrons. The molecule has 0 aromatic carbocycles. The van der Waals surface area contributed by atoms with E-state index < -0.39 is 0 Å². The van der Waals surface area contributed by atoms with Crippen molar-refractivity contribution in [3.8, 4) is 0 Å². The van der Waals surface area contributed by atoms with E-state index in [1.807, 2.05) is 0 Å². The van der Waals surface area contributed by atoms with Gasteiger partial charge >= 0.3 is 0 Å². The summed E-state index contributed by atoms with van der Waals surface area (Å²) in [5.41, 5.74) is 0. The zero-order valence-corrected chi connectivity index (χ0v) is 10.4. The number of nitrogens with one attached hydrogen (secondary N) is 1. The summed E-state index contributed by atoms with van der Waals surface area (Å²) in [4.78, 5) is 14.5. The van der Waals surface area contributed by atoms with Crippen LogP contribution in [0.4, 0.5) is 0 Å². The van der Waals surface area contributed by atoms with Gasteiger partial charge in [-0.1, -0.05) is 0 Å². The first-order valence-electron chi connectivity index (χ1n) is 6.99. The van der Waals surface area contributed by atoms with Gasteiger partial charge in [-0.05, 0) is 38.5 Å². The van der Waals surface area contributed by atoms with E-state index in [9.17, 15) is 4.79 Å². The smallest absolute Gasteiger partial charge is 0.240 e. The summed E-state index contributed by atoms with van der Waals surface area (Å²) in [5, 5.41) is 3.48. The minimum atomic E-state index is 0.0816. The van der Waals surface area contributed by atoms with Crippen LogP contribution < -0.4 is 5.32 Å². The van der Waals surface area contributed by atoms with Crippen molar-refractivity contribution in [2.24, 2.45) is 0 Å². The van der Waals surface area contributed by atoms with Crippen molar-refractivity contribution in [2.75, 3.05) is 19.8 Å². The number of likely N-dealkylation sites (tertiary alicyclic amines) is 1. The van der Waals surface area contributed by atoms with Crippen molar-refractivity contribution < 1.29 is 9.53 Å². The number of hydrogen-bond donors (Lipinski definition) is 1. The van der Waals surface area contributed by atoms with Crippen molar-refractivity contribution in [2.45, 2.75) is 56.7 Å². The topological polar surface area (TPSA) is 41.6 Å². The van der Waals surface area contributed by atoms with Gasteiger partial charge in [0.25, 0.3) is 0 Å². The summed E-state index contributed by atoms with van der Waals surface area (Å²) in [6.45, 7) is 2.53. The number of hydrogen-bond acceptors (Lipinski definition) is 3. The highest BCUT2D eigenvalue weighted by molar-refractivity contribution is 5.83. The van der Waals surface area contributed by atoms with Crippen molar-refractivity contribution in [1.29, 1.82) is 0 Å². The van der Waals surface area contributed by atoms with E-state index in [1.54, 1.807) is 0 Å². The Balaban J connectivity index is 1.60. The Morgan fingerprint density at radius 2 is 2.06 bits per heavy atom. The number of amides is 1. The highest BCUT2D eigenvalue weighted by atomic mass is 16.5. The fourth-order valence-electron chi connectivity index (χ4n) is 2.92. The van der Waals surface area contributed by atoms with Crippen molar-refractivity contribution in [3.05, 3.63) is 0 Å². The van der Waals surface area contributed by atoms with Gasteiger partial charge in [-0.2, -0.15) is 0 Å². The lowest BCUT2D eigenvalue weighted by molar-refractivity contribution is -0.141. The molecule has 2 atom stereocenters. The maximum absolute atomic E-state index is 12.4. The molecular formula is C13H22N2O2. The second-order valence-electron chi connectivity index (χ2n) is 5.54. The molecular weight excluding hydrogens is 216 g/mol. The van der Waals surface area contributed by atoms with E-state index >= 15 is 0 Å². The van der Waals surface area contributed by atoms with Crippen LogP contribution in [-0.4, -0.2) is 48.7 Å². The third-order valence-electron chi connectivity index (χ3n) is 4.06. The summed E-state index contributed by atoms with van der Waals surface area (Å²) in [6, 6.07) is 1.03. The Labute approximate surface area is 103 Å². The molecule has 4 nitrogen and oxygen atoms in total. The van der Waals surface area contributed by atoms with Crippen molar-refractivity contribution in [3.63, 3.8) is 0 Å². The molecule has 0 spiro atoms. The Morgan fingerprint density at radius 3 is 2.76 bits per heavy atom. The summed E-state index contributed by atoms with van der Waals surface area (Å²) in [7, 11) is 0. The van der Waals surface area contributed by atoms with Gasteiger partial charge in [-0.25, -0.2) is 0 Å². The first-order valence-corrected chi connectivity index (χ1v) is 6.99. The van der Waals surface area contributed by atoms with Gasteiger partial charge < -0.3 is 15.0 Å². The molecule has 1 saturated carbocycles. The maximum Gasteiger partial charge on any atom is 0.240 e. The van der Waals surface area contributed by atoms with Gasteiger partial charge in [0.2, 0.25) is 5.91 Å². The number of rotatable bonds is 3. The molecule has 1 amide bonds. The van der Waals surface area contributed by atoms with Crippen LogP contribution in [0.25, 0.3) is 0 Å². The SMILES string of the molecule is O=C1C(NC2CC2)CCCN1C1CCCOC1. The molecule has 3 fully saturated rings. The van der Waals surface area contributed by atoms with E-state index in [4.69, 9.17) is 4.74 Å². The number of carbonyl (C=O) groups is 1. The zero-order valence-electron chi connectivity index (χ0n) is 10.4. The van der Waals surface area contributed by atoms with Crippen molar-refractivity contribution >= 4 is 5.91 Å². The first kappa shape index (κ1) is 11.5. The summed E-state index contributed by atoms with van der Waals surface area (Å²) in [6.07, 6.45) is 6.84. The minimum absolute atomic E-state index is 0.0816. The Kier molecular flexibility index (Phi) is 3.34. The monoisotopic (exact) mass is 238 g/mol. The molecule has 2 unspecified atom stereocenters. The highest BCUT2D eigenvalue weighted by Gasteiger charge is 2.36. The summed E-state index contributed by atoms with van der Waals surface area (Å²) < 4.78 is 5.50. The Hall–Kier alpha value is -0.610. The van der Waals surface area contributed by atoms with Gasteiger partial charge in [0, 0.05) is 19.2 Å². The van der Waals surface area contributed by atoms with Crippen LogP contribution >= 0.6 is 0 Å². The van der Waals surface area contributed by atoms with Crippen LogP contribution in [0.2, 0.25) is 0 Å². The number of ether oxygens (including phenoxy) is 1. The molecule has 1 N–H and O–H groups in total. The van der Waals surface area contributed by atoms with Crippen LogP contribution in [0.1, 0.15) is 38.5 Å². The lowest BCUT2D eigenvalue weighted by atomic mass is 10.00. The number of nitrogens with zero attached hydrogens (tertiary/aromatic N) is 1. The predicted octanol–water partition coefficient (Wildman–Crippen LogP) is 0.908. The quantitative estimate of drug-likeness (QED) is 0.794. The molecule has 2 heterocycles. The predicted molar refractivity (Wildman–Crippen MR) is 64.7 cm³/mol. The average molecular weight is 238 g/mol. The fraction of sp³-hybridized carbons (Fsp3) is 0.923. The molecule has 96 valence electrons. The highest BCUT2D eigenvalue weighted by Crippen LogP contribution is 2.24. The van der Waals surface area contributed by atoms with Gasteiger partial charge in [0.1, 0.15) is 0 Å².